The molecule has 2 heterocycles. The third kappa shape index (κ3) is 5.32. The molecule has 12 heteroatoms. The maximum absolute atomic E-state index is 13.0. The van der Waals surface area contributed by atoms with Crippen LogP contribution in [0.1, 0.15) is 57.6 Å². The molecular formula is C21H18F6N2O2S2. The molecule has 0 saturated carbocycles. The number of halogens is 6. The zero-order valence-corrected chi connectivity index (χ0v) is 19.4. The van der Waals surface area contributed by atoms with E-state index in [9.17, 15) is 31.1 Å². The number of carbonyl (C=O) groups excluding carboxylic acids is 1. The monoisotopic (exact) mass is 508 g/mol. The van der Waals surface area contributed by atoms with Crippen LogP contribution in [-0.4, -0.2) is 11.8 Å². The van der Waals surface area contributed by atoms with Gasteiger partial charge in [0.2, 0.25) is 0 Å². The Morgan fingerprint density at radius 3 is 1.94 bits per heavy atom. The van der Waals surface area contributed by atoms with E-state index in [1.807, 2.05) is 6.07 Å². The van der Waals surface area contributed by atoms with Gasteiger partial charge in [-0.05, 0) is 42.2 Å². The molecular weight excluding hydrogens is 490 g/mol. The van der Waals surface area contributed by atoms with Crippen molar-refractivity contribution in [3.8, 4) is 0 Å². The van der Waals surface area contributed by atoms with Crippen LogP contribution in [-0.2, 0) is 22.6 Å². The van der Waals surface area contributed by atoms with E-state index in [4.69, 9.17) is 10.6 Å². The second kappa shape index (κ2) is 8.32. The highest BCUT2D eigenvalue weighted by Crippen LogP contribution is 2.41. The number of alkyl halides is 6. The van der Waals surface area contributed by atoms with Gasteiger partial charge in [0.25, 0.3) is 0 Å². The van der Waals surface area contributed by atoms with Gasteiger partial charge in [-0.1, -0.05) is 25.9 Å². The predicted molar refractivity (Wildman–Crippen MR) is 116 cm³/mol. The van der Waals surface area contributed by atoms with Crippen molar-refractivity contribution in [1.82, 2.24) is 0 Å². The average Bonchev–Trinajstić information content (AvgIpc) is 3.24. The van der Waals surface area contributed by atoms with Crippen molar-refractivity contribution in [3.05, 3.63) is 56.3 Å². The Labute approximate surface area is 192 Å². The molecule has 0 aliphatic carbocycles. The van der Waals surface area contributed by atoms with Crippen molar-refractivity contribution in [2.45, 2.75) is 45.5 Å². The lowest BCUT2D eigenvalue weighted by atomic mass is 9.95. The van der Waals surface area contributed by atoms with Gasteiger partial charge in [0.1, 0.15) is 4.88 Å². The number of amidine groups is 1. The Hall–Kier alpha value is -2.60. The van der Waals surface area contributed by atoms with Crippen LogP contribution in [0, 0.1) is 6.92 Å². The third-order valence-corrected chi connectivity index (χ3v) is 7.65. The van der Waals surface area contributed by atoms with Gasteiger partial charge in [-0.25, -0.2) is 4.79 Å². The molecule has 0 fully saturated rings. The SMILES string of the molecule is Cc1c(C(=O)O/N=C(/N)c2cc(C(F)(F)F)cc(C(F)(F)F)c2)sc2cc(C(C)(C)C)sc12. The normalized spacial score (nSPS) is 13.6. The van der Waals surface area contributed by atoms with Crippen LogP contribution in [0.15, 0.2) is 29.4 Å². The van der Waals surface area contributed by atoms with Crippen molar-refractivity contribution < 1.29 is 36.0 Å². The summed E-state index contributed by atoms with van der Waals surface area (Å²) in [6.45, 7) is 7.89. The fourth-order valence-corrected chi connectivity index (χ4v) is 5.38. The summed E-state index contributed by atoms with van der Waals surface area (Å²) in [5.41, 5.74) is 2.34. The first kappa shape index (κ1) is 25.0. The summed E-state index contributed by atoms with van der Waals surface area (Å²) in [7, 11) is 0. The summed E-state index contributed by atoms with van der Waals surface area (Å²) in [4.78, 5) is 18.6. The first-order valence-corrected chi connectivity index (χ1v) is 11.0. The summed E-state index contributed by atoms with van der Waals surface area (Å²) in [6, 6.07) is 2.74. The molecule has 0 aliphatic heterocycles. The number of hydrogen-bond acceptors (Lipinski definition) is 5. The molecule has 0 atom stereocenters. The van der Waals surface area contributed by atoms with Gasteiger partial charge in [0.15, 0.2) is 5.84 Å². The van der Waals surface area contributed by atoms with E-state index in [-0.39, 0.29) is 16.4 Å². The molecule has 0 bridgehead atoms. The van der Waals surface area contributed by atoms with Gasteiger partial charge < -0.3 is 10.6 Å². The number of oxime groups is 1. The Balaban J connectivity index is 1.90. The van der Waals surface area contributed by atoms with Gasteiger partial charge in [0.05, 0.1) is 11.1 Å². The van der Waals surface area contributed by atoms with Gasteiger partial charge >= 0.3 is 18.3 Å². The van der Waals surface area contributed by atoms with Crippen LogP contribution >= 0.6 is 22.7 Å². The molecule has 0 amide bonds. The fraction of sp³-hybridized carbons (Fsp3) is 0.333. The van der Waals surface area contributed by atoms with Crippen LogP contribution in [0.2, 0.25) is 0 Å². The third-order valence-electron chi connectivity index (χ3n) is 4.63. The zero-order valence-electron chi connectivity index (χ0n) is 17.7. The highest BCUT2D eigenvalue weighted by Gasteiger charge is 2.37. The number of carbonyl (C=O) groups is 1. The predicted octanol–water partition coefficient (Wildman–Crippen LogP) is 7.08. The number of thiophene rings is 2. The Bertz CT molecular complexity index is 1210. The maximum atomic E-state index is 13.0. The molecule has 3 rings (SSSR count). The van der Waals surface area contributed by atoms with Gasteiger partial charge in [-0.2, -0.15) is 26.3 Å². The molecule has 0 unspecified atom stereocenters. The van der Waals surface area contributed by atoms with Gasteiger partial charge in [-0.3, -0.25) is 0 Å². The minimum atomic E-state index is -5.04. The van der Waals surface area contributed by atoms with Crippen LogP contribution < -0.4 is 5.73 Å². The van der Waals surface area contributed by atoms with Crippen LogP contribution in [0.4, 0.5) is 26.3 Å². The molecule has 3 aromatic rings. The van der Waals surface area contributed by atoms with E-state index in [1.54, 1.807) is 6.92 Å². The van der Waals surface area contributed by atoms with Crippen LogP contribution in [0.25, 0.3) is 9.40 Å². The molecule has 2 aromatic heterocycles. The Morgan fingerprint density at radius 2 is 1.48 bits per heavy atom. The second-order valence-electron chi connectivity index (χ2n) is 8.26. The molecule has 0 aliphatic rings. The largest absolute Gasteiger partial charge is 0.416 e. The quantitative estimate of drug-likeness (QED) is 0.135. The molecule has 1 aromatic carbocycles. The summed E-state index contributed by atoms with van der Waals surface area (Å²) in [5.74, 6) is -1.71. The lowest BCUT2D eigenvalue weighted by molar-refractivity contribution is -0.143. The van der Waals surface area contributed by atoms with Crippen LogP contribution in [0.5, 0.6) is 0 Å². The maximum Gasteiger partial charge on any atom is 0.416 e. The number of nitrogens with zero attached hydrogens (tertiary/aromatic N) is 1. The van der Waals surface area contributed by atoms with E-state index in [0.717, 1.165) is 25.6 Å². The number of fused-ring (bicyclic) bond motifs is 1. The lowest BCUT2D eigenvalue weighted by Gasteiger charge is -2.15. The van der Waals surface area contributed by atoms with E-state index in [0.29, 0.717) is 17.7 Å². The van der Waals surface area contributed by atoms with Crippen molar-refractivity contribution in [2.24, 2.45) is 10.9 Å². The zero-order chi connectivity index (χ0) is 24.9. The number of nitrogens with two attached hydrogens (primary N) is 1. The van der Waals surface area contributed by atoms with E-state index in [2.05, 4.69) is 25.9 Å². The summed E-state index contributed by atoms with van der Waals surface area (Å²) in [6.07, 6.45) is -10.1. The van der Waals surface area contributed by atoms with Gasteiger partial charge in [0, 0.05) is 19.8 Å². The standard InChI is InChI=1S/C21H18F6N2O2S2/c1-9-15-13(8-14(33-15)19(2,3)4)32-16(9)18(30)31-29-17(28)10-5-11(20(22,23)24)7-12(6-10)21(25,26)27/h5-8H,1-4H3,(H2,28,29). The van der Waals surface area contributed by atoms with Crippen LogP contribution in [0.3, 0.4) is 0 Å². The number of benzene rings is 1. The van der Waals surface area contributed by atoms with Crippen molar-refractivity contribution in [2.75, 3.05) is 0 Å². The molecule has 4 nitrogen and oxygen atoms in total. The van der Waals surface area contributed by atoms with E-state index in [1.165, 1.54) is 11.3 Å². The molecule has 2 N–H and O–H groups in total. The molecule has 178 valence electrons. The topological polar surface area (TPSA) is 64.7 Å². The highest BCUT2D eigenvalue weighted by atomic mass is 32.1. The number of aryl methyl sites for hydroxylation is 1. The Kier molecular flexibility index (Phi) is 6.31. The first-order valence-electron chi connectivity index (χ1n) is 9.36. The van der Waals surface area contributed by atoms with E-state index >= 15 is 0 Å². The summed E-state index contributed by atoms with van der Waals surface area (Å²) in [5, 5.41) is 3.29. The molecule has 0 spiro atoms. The lowest BCUT2D eigenvalue weighted by Crippen LogP contribution is -2.19. The molecule has 0 radical (unpaired) electrons. The van der Waals surface area contributed by atoms with Crippen molar-refractivity contribution >= 4 is 43.9 Å². The minimum Gasteiger partial charge on any atom is -0.380 e. The summed E-state index contributed by atoms with van der Waals surface area (Å²) >= 11 is 2.68. The smallest absolute Gasteiger partial charge is 0.380 e. The number of rotatable bonds is 3. The van der Waals surface area contributed by atoms with Crippen molar-refractivity contribution in [3.63, 3.8) is 0 Å². The highest BCUT2D eigenvalue weighted by molar-refractivity contribution is 7.29. The van der Waals surface area contributed by atoms with Gasteiger partial charge in [-0.15, -0.1) is 22.7 Å². The van der Waals surface area contributed by atoms with Crippen molar-refractivity contribution in [1.29, 1.82) is 0 Å². The average molecular weight is 509 g/mol. The summed E-state index contributed by atoms with van der Waals surface area (Å²) < 4.78 is 79.9. The molecule has 0 saturated heterocycles. The molecule has 33 heavy (non-hydrogen) atoms. The number of hydrogen-bond donors (Lipinski definition) is 1. The van der Waals surface area contributed by atoms with E-state index < -0.39 is 40.8 Å². The Morgan fingerprint density at radius 1 is 0.939 bits per heavy atom. The second-order valence-corrected chi connectivity index (χ2v) is 10.4. The fourth-order valence-electron chi connectivity index (χ4n) is 2.85. The minimum absolute atomic E-state index is 0.0314. The first-order chi connectivity index (χ1) is 15.0.